The van der Waals surface area contributed by atoms with Crippen molar-refractivity contribution in [1.82, 2.24) is 9.78 Å². The molecule has 0 bridgehead atoms. The standard InChI is InChI=1S/C8H12N2O/c1-10-7-5-3-2-4-6(7)8(11)9-10/h2-5H2,1H3,(H,9,11). The van der Waals surface area contributed by atoms with E-state index in [-0.39, 0.29) is 5.56 Å². The summed E-state index contributed by atoms with van der Waals surface area (Å²) in [4.78, 5) is 11.2. The van der Waals surface area contributed by atoms with E-state index in [9.17, 15) is 4.79 Å². The van der Waals surface area contributed by atoms with Crippen LogP contribution in [0.3, 0.4) is 0 Å². The fraction of sp³-hybridized carbons (Fsp3) is 0.625. The van der Waals surface area contributed by atoms with Crippen LogP contribution < -0.4 is 5.56 Å². The van der Waals surface area contributed by atoms with Gasteiger partial charge >= 0.3 is 0 Å². The molecule has 1 aliphatic rings. The van der Waals surface area contributed by atoms with Crippen LogP contribution in [0.1, 0.15) is 24.1 Å². The van der Waals surface area contributed by atoms with Crippen molar-refractivity contribution in [2.24, 2.45) is 7.05 Å². The van der Waals surface area contributed by atoms with Crippen LogP contribution in [0, 0.1) is 0 Å². The van der Waals surface area contributed by atoms with Gasteiger partial charge in [-0.15, -0.1) is 0 Å². The molecule has 3 nitrogen and oxygen atoms in total. The zero-order valence-electron chi connectivity index (χ0n) is 6.68. The molecule has 0 unspecified atom stereocenters. The highest BCUT2D eigenvalue weighted by atomic mass is 16.1. The summed E-state index contributed by atoms with van der Waals surface area (Å²) in [7, 11) is 1.91. The van der Waals surface area contributed by atoms with E-state index in [4.69, 9.17) is 0 Å². The van der Waals surface area contributed by atoms with Crippen LogP contribution in [0.2, 0.25) is 0 Å². The number of aryl methyl sites for hydroxylation is 1. The van der Waals surface area contributed by atoms with E-state index >= 15 is 0 Å². The minimum Gasteiger partial charge on any atom is -0.292 e. The Morgan fingerprint density at radius 1 is 1.36 bits per heavy atom. The van der Waals surface area contributed by atoms with Gasteiger partial charge in [0.2, 0.25) is 0 Å². The molecule has 2 rings (SSSR count). The average molecular weight is 152 g/mol. The first-order valence-corrected chi connectivity index (χ1v) is 4.06. The molecule has 11 heavy (non-hydrogen) atoms. The third-order valence-corrected chi connectivity index (χ3v) is 2.39. The highest BCUT2D eigenvalue weighted by Crippen LogP contribution is 2.16. The number of aromatic amines is 1. The number of H-pyrrole nitrogens is 1. The average Bonchev–Trinajstić information content (AvgIpc) is 2.30. The lowest BCUT2D eigenvalue weighted by Crippen LogP contribution is -2.10. The largest absolute Gasteiger partial charge is 0.292 e. The third-order valence-electron chi connectivity index (χ3n) is 2.39. The lowest BCUT2D eigenvalue weighted by molar-refractivity contribution is 0.626. The first kappa shape index (κ1) is 6.70. The number of hydrogen-bond donors (Lipinski definition) is 1. The fourth-order valence-electron chi connectivity index (χ4n) is 1.79. The highest BCUT2D eigenvalue weighted by Gasteiger charge is 2.15. The Morgan fingerprint density at radius 3 is 2.82 bits per heavy atom. The van der Waals surface area contributed by atoms with E-state index in [1.165, 1.54) is 18.5 Å². The topological polar surface area (TPSA) is 37.8 Å². The number of aromatic nitrogens is 2. The molecule has 0 spiro atoms. The molecule has 1 heterocycles. The van der Waals surface area contributed by atoms with Gasteiger partial charge in [0.1, 0.15) is 0 Å². The summed E-state index contributed by atoms with van der Waals surface area (Å²) in [6.45, 7) is 0. The molecule has 0 aromatic carbocycles. The molecular weight excluding hydrogens is 140 g/mol. The molecule has 3 heteroatoms. The zero-order chi connectivity index (χ0) is 7.84. The Bertz CT molecular complexity index is 321. The van der Waals surface area contributed by atoms with E-state index in [0.717, 1.165) is 18.4 Å². The van der Waals surface area contributed by atoms with Crippen LogP contribution in [0.25, 0.3) is 0 Å². The van der Waals surface area contributed by atoms with Gasteiger partial charge in [0.15, 0.2) is 0 Å². The van der Waals surface area contributed by atoms with Crippen LogP contribution in [0.4, 0.5) is 0 Å². The van der Waals surface area contributed by atoms with Crippen molar-refractivity contribution in [1.29, 1.82) is 0 Å². The SMILES string of the molecule is Cn1[nH]c(=O)c2c1CCCC2. The number of nitrogens with zero attached hydrogens (tertiary/aromatic N) is 1. The van der Waals surface area contributed by atoms with Crippen LogP contribution in [0.15, 0.2) is 4.79 Å². The van der Waals surface area contributed by atoms with Crippen molar-refractivity contribution >= 4 is 0 Å². The summed E-state index contributed by atoms with van der Waals surface area (Å²) < 4.78 is 1.86. The van der Waals surface area contributed by atoms with Gasteiger partial charge in [-0.05, 0) is 25.7 Å². The van der Waals surface area contributed by atoms with E-state index < -0.39 is 0 Å². The first-order chi connectivity index (χ1) is 5.29. The van der Waals surface area contributed by atoms with Crippen LogP contribution in [-0.2, 0) is 19.9 Å². The number of rotatable bonds is 0. The lowest BCUT2D eigenvalue weighted by atomic mass is 9.98. The van der Waals surface area contributed by atoms with Gasteiger partial charge in [0.25, 0.3) is 5.56 Å². The maximum absolute atomic E-state index is 11.2. The van der Waals surface area contributed by atoms with Crippen molar-refractivity contribution in [3.8, 4) is 0 Å². The smallest absolute Gasteiger partial charge is 0.267 e. The molecule has 1 aromatic rings. The van der Waals surface area contributed by atoms with Crippen molar-refractivity contribution in [2.45, 2.75) is 25.7 Å². The van der Waals surface area contributed by atoms with E-state index in [2.05, 4.69) is 5.10 Å². The van der Waals surface area contributed by atoms with Gasteiger partial charge in [-0.3, -0.25) is 14.6 Å². The molecule has 0 aliphatic heterocycles. The van der Waals surface area contributed by atoms with Crippen LogP contribution >= 0.6 is 0 Å². The second-order valence-electron chi connectivity index (χ2n) is 3.13. The quantitative estimate of drug-likeness (QED) is 0.580. The Balaban J connectivity index is 2.61. The summed E-state index contributed by atoms with van der Waals surface area (Å²) in [5.74, 6) is 0. The molecule has 0 fully saturated rings. The molecule has 1 aromatic heterocycles. The molecule has 0 saturated carbocycles. The van der Waals surface area contributed by atoms with Crippen molar-refractivity contribution in [3.05, 3.63) is 21.6 Å². The Hall–Kier alpha value is -0.990. The Kier molecular flexibility index (Phi) is 1.37. The van der Waals surface area contributed by atoms with E-state index in [0.29, 0.717) is 0 Å². The molecule has 0 amide bonds. The fourth-order valence-corrected chi connectivity index (χ4v) is 1.79. The molecule has 0 radical (unpaired) electrons. The third kappa shape index (κ3) is 0.914. The highest BCUT2D eigenvalue weighted by molar-refractivity contribution is 5.20. The molecule has 1 aliphatic carbocycles. The summed E-state index contributed by atoms with van der Waals surface area (Å²) in [5.41, 5.74) is 2.34. The second-order valence-corrected chi connectivity index (χ2v) is 3.13. The molecule has 0 atom stereocenters. The molecule has 1 N–H and O–H groups in total. The monoisotopic (exact) mass is 152 g/mol. The Morgan fingerprint density at radius 2 is 2.09 bits per heavy atom. The number of hydrogen-bond acceptors (Lipinski definition) is 1. The van der Waals surface area contributed by atoms with E-state index in [1.807, 2.05) is 11.7 Å². The maximum Gasteiger partial charge on any atom is 0.267 e. The van der Waals surface area contributed by atoms with Gasteiger partial charge in [0, 0.05) is 18.3 Å². The first-order valence-electron chi connectivity index (χ1n) is 4.06. The van der Waals surface area contributed by atoms with Crippen molar-refractivity contribution < 1.29 is 0 Å². The molecule has 0 saturated heterocycles. The summed E-state index contributed by atoms with van der Waals surface area (Å²) >= 11 is 0. The zero-order valence-corrected chi connectivity index (χ0v) is 6.68. The predicted molar refractivity (Wildman–Crippen MR) is 42.7 cm³/mol. The minimum absolute atomic E-state index is 0.113. The number of fused-ring (bicyclic) bond motifs is 1. The van der Waals surface area contributed by atoms with Gasteiger partial charge in [-0.2, -0.15) is 0 Å². The van der Waals surface area contributed by atoms with Crippen LogP contribution in [-0.4, -0.2) is 9.78 Å². The van der Waals surface area contributed by atoms with E-state index in [1.54, 1.807) is 0 Å². The van der Waals surface area contributed by atoms with Crippen LogP contribution in [0.5, 0.6) is 0 Å². The van der Waals surface area contributed by atoms with Gasteiger partial charge < -0.3 is 0 Å². The number of nitrogens with one attached hydrogen (secondary N) is 1. The lowest BCUT2D eigenvalue weighted by Gasteiger charge is -2.10. The second kappa shape index (κ2) is 2.26. The van der Waals surface area contributed by atoms with Crippen molar-refractivity contribution in [3.63, 3.8) is 0 Å². The van der Waals surface area contributed by atoms with Crippen molar-refractivity contribution in [2.75, 3.05) is 0 Å². The summed E-state index contributed by atoms with van der Waals surface area (Å²) in [6.07, 6.45) is 4.41. The Labute approximate surface area is 65.0 Å². The minimum atomic E-state index is 0.113. The van der Waals surface area contributed by atoms with Gasteiger partial charge in [-0.25, -0.2) is 0 Å². The van der Waals surface area contributed by atoms with Gasteiger partial charge in [-0.1, -0.05) is 0 Å². The normalized spacial score (nSPS) is 16.5. The predicted octanol–water partition coefficient (Wildman–Crippen LogP) is 0.592. The van der Waals surface area contributed by atoms with Gasteiger partial charge in [0.05, 0.1) is 0 Å². The molecular formula is C8H12N2O. The maximum atomic E-state index is 11.2. The summed E-state index contributed by atoms with van der Waals surface area (Å²) in [6, 6.07) is 0. The molecule has 60 valence electrons. The summed E-state index contributed by atoms with van der Waals surface area (Å²) in [5, 5.41) is 2.78.